The van der Waals surface area contributed by atoms with E-state index in [2.05, 4.69) is 5.32 Å². The van der Waals surface area contributed by atoms with Crippen molar-refractivity contribution in [2.24, 2.45) is 0 Å². The van der Waals surface area contributed by atoms with Crippen LogP contribution in [0, 0.1) is 0 Å². The number of hydrogen-bond donors (Lipinski definition) is 1. The van der Waals surface area contributed by atoms with Gasteiger partial charge < -0.3 is 14.2 Å². The largest absolute Gasteiger partial charge is 0.469 e. The van der Waals surface area contributed by atoms with Gasteiger partial charge in [0.2, 0.25) is 0 Å². The number of para-hydroxylation sites is 1. The van der Waals surface area contributed by atoms with Gasteiger partial charge in [0.05, 0.1) is 6.26 Å². The normalized spacial score (nSPS) is 10.8. The average molecular weight is 269 g/mol. The Bertz CT molecular complexity index is 664. The minimum Gasteiger partial charge on any atom is -0.469 e. The molecule has 3 rings (SSSR count). The van der Waals surface area contributed by atoms with Crippen LogP contribution in [0.2, 0.25) is 0 Å². The molecule has 1 amide bonds. The van der Waals surface area contributed by atoms with E-state index < -0.39 is 0 Å². The van der Waals surface area contributed by atoms with Crippen LogP contribution in [0.5, 0.6) is 0 Å². The molecule has 1 N–H and O–H groups in total. The first kappa shape index (κ1) is 12.5. The van der Waals surface area contributed by atoms with Crippen LogP contribution in [0.3, 0.4) is 0 Å². The summed E-state index contributed by atoms with van der Waals surface area (Å²) in [5.41, 5.74) is 0.730. The molecule has 2 aromatic heterocycles. The Morgan fingerprint density at radius 2 is 2.05 bits per heavy atom. The van der Waals surface area contributed by atoms with Crippen molar-refractivity contribution in [3.8, 4) is 0 Å². The van der Waals surface area contributed by atoms with Gasteiger partial charge in [0.1, 0.15) is 11.3 Å². The molecule has 3 aromatic rings. The Morgan fingerprint density at radius 1 is 1.15 bits per heavy atom. The Labute approximate surface area is 116 Å². The third-order valence-corrected chi connectivity index (χ3v) is 3.11. The first-order valence-electron chi connectivity index (χ1n) is 6.62. The molecule has 20 heavy (non-hydrogen) atoms. The number of rotatable bonds is 5. The molecule has 4 nitrogen and oxygen atoms in total. The van der Waals surface area contributed by atoms with Crippen molar-refractivity contribution in [1.82, 2.24) is 5.32 Å². The zero-order chi connectivity index (χ0) is 13.8. The first-order chi connectivity index (χ1) is 9.83. The molecule has 0 aliphatic heterocycles. The van der Waals surface area contributed by atoms with Crippen molar-refractivity contribution in [2.75, 3.05) is 6.54 Å². The smallest absolute Gasteiger partial charge is 0.287 e. The van der Waals surface area contributed by atoms with Crippen molar-refractivity contribution in [3.05, 3.63) is 60.2 Å². The molecule has 0 bridgehead atoms. The third kappa shape index (κ3) is 2.74. The number of amides is 1. The van der Waals surface area contributed by atoms with Crippen LogP contribution in [0.1, 0.15) is 22.7 Å². The minimum absolute atomic E-state index is 0.180. The zero-order valence-electron chi connectivity index (χ0n) is 11.0. The van der Waals surface area contributed by atoms with Gasteiger partial charge in [-0.25, -0.2) is 0 Å². The maximum Gasteiger partial charge on any atom is 0.287 e. The van der Waals surface area contributed by atoms with Crippen molar-refractivity contribution in [3.63, 3.8) is 0 Å². The molecule has 0 spiro atoms. The number of benzene rings is 1. The number of furan rings is 2. The molecule has 0 saturated carbocycles. The van der Waals surface area contributed by atoms with Crippen LogP contribution in [-0.2, 0) is 6.42 Å². The number of aryl methyl sites for hydroxylation is 1. The second-order valence-corrected chi connectivity index (χ2v) is 4.59. The van der Waals surface area contributed by atoms with Gasteiger partial charge in [0.15, 0.2) is 5.76 Å². The lowest BCUT2D eigenvalue weighted by atomic mass is 10.2. The van der Waals surface area contributed by atoms with Gasteiger partial charge >= 0.3 is 0 Å². The van der Waals surface area contributed by atoms with Crippen LogP contribution < -0.4 is 5.32 Å². The van der Waals surface area contributed by atoms with E-state index in [0.29, 0.717) is 12.3 Å². The second kappa shape index (κ2) is 5.65. The van der Waals surface area contributed by atoms with E-state index >= 15 is 0 Å². The summed E-state index contributed by atoms with van der Waals surface area (Å²) in [7, 11) is 0. The fourth-order valence-electron chi connectivity index (χ4n) is 2.10. The first-order valence-corrected chi connectivity index (χ1v) is 6.62. The highest BCUT2D eigenvalue weighted by Gasteiger charge is 2.11. The summed E-state index contributed by atoms with van der Waals surface area (Å²) in [6.07, 6.45) is 3.30. The zero-order valence-corrected chi connectivity index (χ0v) is 11.0. The number of carbonyl (C=O) groups excluding carboxylic acids is 1. The molecule has 0 aliphatic carbocycles. The molecule has 1 aromatic carbocycles. The molecule has 4 heteroatoms. The van der Waals surface area contributed by atoms with E-state index in [1.54, 1.807) is 12.3 Å². The summed E-state index contributed by atoms with van der Waals surface area (Å²) >= 11 is 0. The number of hydrogen-bond acceptors (Lipinski definition) is 3. The van der Waals surface area contributed by atoms with Gasteiger partial charge in [-0.1, -0.05) is 18.2 Å². The van der Waals surface area contributed by atoms with Crippen LogP contribution in [0.15, 0.2) is 57.6 Å². The Kier molecular flexibility index (Phi) is 3.54. The molecular weight excluding hydrogens is 254 g/mol. The fourth-order valence-corrected chi connectivity index (χ4v) is 2.10. The van der Waals surface area contributed by atoms with Crippen molar-refractivity contribution in [2.45, 2.75) is 12.8 Å². The quantitative estimate of drug-likeness (QED) is 0.722. The number of fused-ring (bicyclic) bond motifs is 1. The van der Waals surface area contributed by atoms with E-state index in [4.69, 9.17) is 8.83 Å². The Hall–Kier alpha value is -2.49. The molecule has 102 valence electrons. The molecule has 0 aliphatic rings. The van der Waals surface area contributed by atoms with Crippen molar-refractivity contribution < 1.29 is 13.6 Å². The molecule has 0 radical (unpaired) electrons. The minimum atomic E-state index is -0.180. The van der Waals surface area contributed by atoms with E-state index in [-0.39, 0.29) is 5.91 Å². The highest BCUT2D eigenvalue weighted by Crippen LogP contribution is 2.18. The predicted molar refractivity (Wildman–Crippen MR) is 75.6 cm³/mol. The van der Waals surface area contributed by atoms with Gasteiger partial charge in [-0.2, -0.15) is 0 Å². The Morgan fingerprint density at radius 3 is 2.85 bits per heavy atom. The summed E-state index contributed by atoms with van der Waals surface area (Å²) in [5.74, 6) is 1.10. The molecule has 2 heterocycles. The third-order valence-electron chi connectivity index (χ3n) is 3.11. The summed E-state index contributed by atoms with van der Waals surface area (Å²) in [6.45, 7) is 0.594. The maximum absolute atomic E-state index is 11.9. The average Bonchev–Trinajstić information content (AvgIpc) is 3.12. The maximum atomic E-state index is 11.9. The predicted octanol–water partition coefficient (Wildman–Crippen LogP) is 3.39. The number of nitrogens with one attached hydrogen (secondary N) is 1. The van der Waals surface area contributed by atoms with E-state index in [9.17, 15) is 4.79 Å². The number of carbonyl (C=O) groups is 1. The molecular formula is C16H15NO3. The lowest BCUT2D eigenvalue weighted by Crippen LogP contribution is -2.24. The van der Waals surface area contributed by atoms with Gasteiger partial charge in [0, 0.05) is 18.4 Å². The van der Waals surface area contributed by atoms with Crippen LogP contribution >= 0.6 is 0 Å². The van der Waals surface area contributed by atoms with Crippen LogP contribution in [-0.4, -0.2) is 12.5 Å². The molecule has 0 atom stereocenters. The van der Waals surface area contributed by atoms with Gasteiger partial charge in [0.25, 0.3) is 5.91 Å². The summed E-state index contributed by atoms with van der Waals surface area (Å²) in [4.78, 5) is 11.9. The van der Waals surface area contributed by atoms with E-state index in [0.717, 1.165) is 29.6 Å². The monoisotopic (exact) mass is 269 g/mol. The molecule has 0 fully saturated rings. The summed E-state index contributed by atoms with van der Waals surface area (Å²) < 4.78 is 10.7. The molecule has 0 unspecified atom stereocenters. The van der Waals surface area contributed by atoms with Gasteiger partial charge in [-0.15, -0.1) is 0 Å². The fraction of sp³-hybridized carbons (Fsp3) is 0.188. The lowest BCUT2D eigenvalue weighted by molar-refractivity contribution is 0.0927. The van der Waals surface area contributed by atoms with Gasteiger partial charge in [-0.3, -0.25) is 4.79 Å². The topological polar surface area (TPSA) is 55.4 Å². The highest BCUT2D eigenvalue weighted by atomic mass is 16.3. The lowest BCUT2D eigenvalue weighted by Gasteiger charge is -2.01. The summed E-state index contributed by atoms with van der Waals surface area (Å²) in [6, 6.07) is 13.1. The van der Waals surface area contributed by atoms with Crippen LogP contribution in [0.4, 0.5) is 0 Å². The van der Waals surface area contributed by atoms with Crippen molar-refractivity contribution in [1.29, 1.82) is 0 Å². The van der Waals surface area contributed by atoms with E-state index in [1.165, 1.54) is 0 Å². The van der Waals surface area contributed by atoms with Crippen LogP contribution in [0.25, 0.3) is 11.0 Å². The standard InChI is InChI=1S/C16H15NO3/c18-16(17-9-3-6-13-7-4-10-19-13)15-11-12-5-1-2-8-14(12)20-15/h1-2,4-5,7-8,10-11H,3,6,9H2,(H,17,18). The van der Waals surface area contributed by atoms with Crippen molar-refractivity contribution >= 4 is 16.9 Å². The summed E-state index contributed by atoms with van der Waals surface area (Å²) in [5, 5.41) is 3.79. The molecule has 0 saturated heterocycles. The SMILES string of the molecule is O=C(NCCCc1ccco1)c1cc2ccccc2o1. The van der Waals surface area contributed by atoms with E-state index in [1.807, 2.05) is 36.4 Å². The van der Waals surface area contributed by atoms with Gasteiger partial charge in [-0.05, 0) is 30.7 Å². The Balaban J connectivity index is 1.53. The highest BCUT2D eigenvalue weighted by molar-refractivity contribution is 5.95. The second-order valence-electron chi connectivity index (χ2n) is 4.59.